The molecule has 0 aromatic heterocycles. The van der Waals surface area contributed by atoms with Crippen molar-refractivity contribution in [3.8, 4) is 6.07 Å². The molecule has 0 bridgehead atoms. The summed E-state index contributed by atoms with van der Waals surface area (Å²) < 4.78 is 0. The molecule has 16 heavy (non-hydrogen) atoms. The molecule has 0 unspecified atom stereocenters. The van der Waals surface area contributed by atoms with Gasteiger partial charge in [0, 0.05) is 12.1 Å². The van der Waals surface area contributed by atoms with E-state index in [1.165, 1.54) is 5.56 Å². The number of hydrogen-bond donors (Lipinski definition) is 0. The molecule has 86 valence electrons. The molecule has 2 heteroatoms. The van der Waals surface area contributed by atoms with Crippen molar-refractivity contribution in [2.24, 2.45) is 0 Å². The van der Waals surface area contributed by atoms with Crippen LogP contribution in [0.15, 0.2) is 24.3 Å². The van der Waals surface area contributed by atoms with Crippen molar-refractivity contribution in [2.75, 3.05) is 7.05 Å². The van der Waals surface area contributed by atoms with Crippen LogP contribution in [0.1, 0.15) is 38.3 Å². The van der Waals surface area contributed by atoms with Crippen LogP contribution < -0.4 is 0 Å². The van der Waals surface area contributed by atoms with Crippen molar-refractivity contribution in [1.82, 2.24) is 4.90 Å². The van der Waals surface area contributed by atoms with Crippen molar-refractivity contribution >= 4 is 0 Å². The maximum atomic E-state index is 8.72. The minimum atomic E-state index is 0.216. The molecule has 0 saturated carbocycles. The first kappa shape index (κ1) is 12.7. The van der Waals surface area contributed by atoms with Gasteiger partial charge >= 0.3 is 0 Å². The highest BCUT2D eigenvalue weighted by Gasteiger charge is 2.20. The molecule has 0 spiro atoms. The Balaban J connectivity index is 2.70. The van der Waals surface area contributed by atoms with Gasteiger partial charge in [-0.25, -0.2) is 0 Å². The molecule has 1 aromatic rings. The summed E-state index contributed by atoms with van der Waals surface area (Å²) in [6, 6.07) is 9.95. The van der Waals surface area contributed by atoms with E-state index >= 15 is 0 Å². The van der Waals surface area contributed by atoms with Crippen molar-refractivity contribution < 1.29 is 0 Å². The fraction of sp³-hybridized carbons (Fsp3) is 0.500. The summed E-state index contributed by atoms with van der Waals surface area (Å²) in [5.74, 6) is 0. The van der Waals surface area contributed by atoms with Crippen LogP contribution in [-0.4, -0.2) is 17.5 Å². The molecule has 0 aliphatic rings. The normalized spacial score (nSPS) is 11.5. The molecule has 0 fully saturated rings. The maximum absolute atomic E-state index is 8.72. The van der Waals surface area contributed by atoms with Gasteiger partial charge in [0.05, 0.1) is 11.6 Å². The maximum Gasteiger partial charge on any atom is 0.0991 e. The van der Waals surface area contributed by atoms with Crippen LogP contribution >= 0.6 is 0 Å². The summed E-state index contributed by atoms with van der Waals surface area (Å²) in [5.41, 5.74) is 2.19. The van der Waals surface area contributed by atoms with Crippen molar-refractivity contribution in [2.45, 2.75) is 39.3 Å². The number of hydrogen-bond acceptors (Lipinski definition) is 2. The van der Waals surface area contributed by atoms with Gasteiger partial charge in [0.2, 0.25) is 0 Å². The summed E-state index contributed by atoms with van der Waals surface area (Å²) in [7, 11) is 2.14. The number of benzene rings is 1. The Labute approximate surface area is 98.5 Å². The quantitative estimate of drug-likeness (QED) is 0.773. The van der Waals surface area contributed by atoms with E-state index in [1.807, 2.05) is 24.3 Å². The van der Waals surface area contributed by atoms with Gasteiger partial charge < -0.3 is 0 Å². The zero-order valence-electron chi connectivity index (χ0n) is 10.6. The lowest BCUT2D eigenvalue weighted by Gasteiger charge is -2.34. The molecule has 1 aromatic carbocycles. The van der Waals surface area contributed by atoms with E-state index in [0.717, 1.165) is 18.5 Å². The monoisotopic (exact) mass is 216 g/mol. The van der Waals surface area contributed by atoms with Crippen molar-refractivity contribution in [1.29, 1.82) is 5.26 Å². The SMILES string of the molecule is CCC(C)(C)N(C)Cc1ccc(C#N)cc1. The zero-order chi connectivity index (χ0) is 12.2. The fourth-order valence-electron chi connectivity index (χ4n) is 1.44. The van der Waals surface area contributed by atoms with Gasteiger partial charge in [0.1, 0.15) is 0 Å². The molecule has 0 amide bonds. The van der Waals surface area contributed by atoms with Gasteiger partial charge in [-0.1, -0.05) is 19.1 Å². The summed E-state index contributed by atoms with van der Waals surface area (Å²) in [5, 5.41) is 8.72. The van der Waals surface area contributed by atoms with Crippen molar-refractivity contribution in [3.63, 3.8) is 0 Å². The average Bonchev–Trinajstić information content (AvgIpc) is 2.30. The largest absolute Gasteiger partial charge is 0.297 e. The molecule has 0 aliphatic carbocycles. The predicted molar refractivity (Wildman–Crippen MR) is 67.0 cm³/mol. The van der Waals surface area contributed by atoms with Gasteiger partial charge in [0.15, 0.2) is 0 Å². The lowest BCUT2D eigenvalue weighted by molar-refractivity contribution is 0.143. The van der Waals surface area contributed by atoms with Gasteiger partial charge in [-0.3, -0.25) is 4.90 Å². The summed E-state index contributed by atoms with van der Waals surface area (Å²) >= 11 is 0. The lowest BCUT2D eigenvalue weighted by atomic mass is 9.99. The third-order valence-corrected chi connectivity index (χ3v) is 3.40. The minimum Gasteiger partial charge on any atom is -0.297 e. The van der Waals surface area contributed by atoms with Gasteiger partial charge in [0.25, 0.3) is 0 Å². The molecule has 0 saturated heterocycles. The second kappa shape index (κ2) is 5.14. The highest BCUT2D eigenvalue weighted by Crippen LogP contribution is 2.19. The summed E-state index contributed by atoms with van der Waals surface area (Å²) in [4.78, 5) is 2.34. The number of rotatable bonds is 4. The van der Waals surface area contributed by atoms with Crippen molar-refractivity contribution in [3.05, 3.63) is 35.4 Å². The second-order valence-electron chi connectivity index (χ2n) is 4.83. The van der Waals surface area contributed by atoms with E-state index in [1.54, 1.807) is 0 Å². The third kappa shape index (κ3) is 3.08. The first-order valence-electron chi connectivity index (χ1n) is 5.70. The molecule has 0 radical (unpaired) electrons. The number of nitrogens with zero attached hydrogens (tertiary/aromatic N) is 2. The molecule has 0 aliphatic heterocycles. The van der Waals surface area contributed by atoms with E-state index in [-0.39, 0.29) is 5.54 Å². The summed E-state index contributed by atoms with van der Waals surface area (Å²) in [6.07, 6.45) is 1.12. The van der Waals surface area contributed by atoms with Crippen LogP contribution in [0.5, 0.6) is 0 Å². The van der Waals surface area contributed by atoms with E-state index in [0.29, 0.717) is 0 Å². The van der Waals surface area contributed by atoms with Gasteiger partial charge in [-0.15, -0.1) is 0 Å². The van der Waals surface area contributed by atoms with E-state index in [9.17, 15) is 0 Å². The number of nitriles is 1. The molecule has 1 rings (SSSR count). The van der Waals surface area contributed by atoms with Gasteiger partial charge in [-0.05, 0) is 45.0 Å². The van der Waals surface area contributed by atoms with Crippen LogP contribution in [0, 0.1) is 11.3 Å². The van der Waals surface area contributed by atoms with Crippen LogP contribution in [0.2, 0.25) is 0 Å². The highest BCUT2D eigenvalue weighted by atomic mass is 15.2. The van der Waals surface area contributed by atoms with Crippen LogP contribution in [0.25, 0.3) is 0 Å². The third-order valence-electron chi connectivity index (χ3n) is 3.40. The second-order valence-corrected chi connectivity index (χ2v) is 4.83. The fourth-order valence-corrected chi connectivity index (χ4v) is 1.44. The Morgan fingerprint density at radius 3 is 2.25 bits per heavy atom. The molecule has 0 heterocycles. The Kier molecular flexibility index (Phi) is 4.09. The molecule has 2 nitrogen and oxygen atoms in total. The Morgan fingerprint density at radius 2 is 1.81 bits per heavy atom. The van der Waals surface area contributed by atoms with Crippen LogP contribution in [0.4, 0.5) is 0 Å². The Bertz CT molecular complexity index is 371. The first-order chi connectivity index (χ1) is 7.49. The summed E-state index contributed by atoms with van der Waals surface area (Å²) in [6.45, 7) is 7.62. The Morgan fingerprint density at radius 1 is 1.25 bits per heavy atom. The minimum absolute atomic E-state index is 0.216. The zero-order valence-corrected chi connectivity index (χ0v) is 10.6. The molecule has 0 N–H and O–H groups in total. The Hall–Kier alpha value is -1.33. The van der Waals surface area contributed by atoms with Crippen LogP contribution in [0.3, 0.4) is 0 Å². The highest BCUT2D eigenvalue weighted by molar-refractivity contribution is 5.31. The topological polar surface area (TPSA) is 27.0 Å². The smallest absolute Gasteiger partial charge is 0.0991 e. The average molecular weight is 216 g/mol. The predicted octanol–water partition coefficient (Wildman–Crippen LogP) is 3.18. The molecule has 0 atom stereocenters. The van der Waals surface area contributed by atoms with Crippen LogP contribution in [-0.2, 0) is 6.54 Å². The lowest BCUT2D eigenvalue weighted by Crippen LogP contribution is -2.39. The van der Waals surface area contributed by atoms with E-state index < -0.39 is 0 Å². The van der Waals surface area contributed by atoms with E-state index in [4.69, 9.17) is 5.26 Å². The first-order valence-corrected chi connectivity index (χ1v) is 5.70. The van der Waals surface area contributed by atoms with E-state index in [2.05, 4.69) is 38.8 Å². The standard InChI is InChI=1S/C14H20N2/c1-5-14(2,3)16(4)11-13-8-6-12(10-15)7-9-13/h6-9H,5,11H2,1-4H3. The molecular formula is C14H20N2. The van der Waals surface area contributed by atoms with Gasteiger partial charge in [-0.2, -0.15) is 5.26 Å². The molecular weight excluding hydrogens is 196 g/mol.